The molecule has 0 saturated carbocycles. The van der Waals surface area contributed by atoms with E-state index in [-0.39, 0.29) is 0 Å². The molecule has 8 heteroatoms. The van der Waals surface area contributed by atoms with E-state index in [1.165, 1.54) is 18.4 Å². The Labute approximate surface area is 168 Å². The zero-order valence-electron chi connectivity index (χ0n) is 16.7. The Hall–Kier alpha value is -2.74. The predicted octanol–water partition coefficient (Wildman–Crippen LogP) is 4.29. The average Bonchev–Trinajstić information content (AvgIpc) is 3.03. The molecule has 1 aromatic carbocycles. The SMILES string of the molecule is CCOc1cc(C(=O)Nc2sc(C)cc2C(=O)OC)cc(OCC)c1OCC. The molecule has 0 atom stereocenters. The Kier molecular flexibility index (Phi) is 7.69. The van der Waals surface area contributed by atoms with Crippen LogP contribution in [0.3, 0.4) is 0 Å². The van der Waals surface area contributed by atoms with Gasteiger partial charge in [-0.15, -0.1) is 11.3 Å². The second-order valence-corrected chi connectivity index (χ2v) is 6.90. The molecule has 152 valence electrons. The molecule has 28 heavy (non-hydrogen) atoms. The maximum Gasteiger partial charge on any atom is 0.340 e. The minimum Gasteiger partial charge on any atom is -0.490 e. The van der Waals surface area contributed by atoms with Crippen molar-refractivity contribution in [2.75, 3.05) is 32.2 Å². The number of carbonyl (C=O) groups is 2. The zero-order chi connectivity index (χ0) is 20.7. The van der Waals surface area contributed by atoms with E-state index in [4.69, 9.17) is 18.9 Å². The van der Waals surface area contributed by atoms with Gasteiger partial charge in [-0.1, -0.05) is 0 Å². The molecule has 0 aliphatic carbocycles. The van der Waals surface area contributed by atoms with Gasteiger partial charge >= 0.3 is 5.97 Å². The van der Waals surface area contributed by atoms with Gasteiger partial charge < -0.3 is 24.3 Å². The molecule has 7 nitrogen and oxygen atoms in total. The summed E-state index contributed by atoms with van der Waals surface area (Å²) in [6, 6.07) is 4.89. The lowest BCUT2D eigenvalue weighted by molar-refractivity contribution is 0.0602. The van der Waals surface area contributed by atoms with E-state index >= 15 is 0 Å². The number of nitrogens with one attached hydrogen (secondary N) is 1. The highest BCUT2D eigenvalue weighted by Crippen LogP contribution is 2.39. The number of ether oxygens (including phenoxy) is 4. The monoisotopic (exact) mass is 407 g/mol. The van der Waals surface area contributed by atoms with Crippen molar-refractivity contribution >= 4 is 28.2 Å². The van der Waals surface area contributed by atoms with E-state index in [0.29, 0.717) is 53.2 Å². The van der Waals surface area contributed by atoms with Crippen LogP contribution in [0, 0.1) is 6.92 Å². The molecule has 2 aromatic rings. The summed E-state index contributed by atoms with van der Waals surface area (Å²) >= 11 is 1.30. The molecule has 0 spiro atoms. The fourth-order valence-electron chi connectivity index (χ4n) is 2.56. The van der Waals surface area contributed by atoms with Crippen molar-refractivity contribution in [3.8, 4) is 17.2 Å². The maximum atomic E-state index is 12.9. The fourth-order valence-corrected chi connectivity index (χ4v) is 3.46. The molecular weight excluding hydrogens is 382 g/mol. The second kappa shape index (κ2) is 9.98. The van der Waals surface area contributed by atoms with Gasteiger partial charge in [0.2, 0.25) is 5.75 Å². The van der Waals surface area contributed by atoms with Crippen molar-refractivity contribution in [2.24, 2.45) is 0 Å². The van der Waals surface area contributed by atoms with Crippen molar-refractivity contribution in [2.45, 2.75) is 27.7 Å². The van der Waals surface area contributed by atoms with Gasteiger partial charge in [0.05, 0.1) is 32.5 Å². The van der Waals surface area contributed by atoms with Crippen molar-refractivity contribution in [1.82, 2.24) is 0 Å². The van der Waals surface area contributed by atoms with Crippen LogP contribution in [0.15, 0.2) is 18.2 Å². The van der Waals surface area contributed by atoms with E-state index in [1.807, 2.05) is 27.7 Å². The van der Waals surface area contributed by atoms with E-state index in [0.717, 1.165) is 4.88 Å². The lowest BCUT2D eigenvalue weighted by Gasteiger charge is -2.17. The molecule has 0 unspecified atom stereocenters. The molecule has 1 aromatic heterocycles. The number of amides is 1. The minimum absolute atomic E-state index is 0.319. The Bertz CT molecular complexity index is 818. The number of aryl methyl sites for hydroxylation is 1. The first-order valence-corrected chi connectivity index (χ1v) is 9.83. The number of hydrogen-bond acceptors (Lipinski definition) is 7. The van der Waals surface area contributed by atoms with Crippen LogP contribution in [0.25, 0.3) is 0 Å². The highest BCUT2D eigenvalue weighted by molar-refractivity contribution is 7.16. The van der Waals surface area contributed by atoms with Gasteiger partial charge in [-0.2, -0.15) is 0 Å². The van der Waals surface area contributed by atoms with Gasteiger partial charge in [0.1, 0.15) is 5.00 Å². The molecule has 0 aliphatic heterocycles. The molecule has 1 heterocycles. The van der Waals surface area contributed by atoms with Crippen molar-refractivity contribution in [3.63, 3.8) is 0 Å². The van der Waals surface area contributed by atoms with E-state index < -0.39 is 11.9 Å². The van der Waals surface area contributed by atoms with Crippen LogP contribution in [-0.4, -0.2) is 38.8 Å². The number of carbonyl (C=O) groups excluding carboxylic acids is 2. The number of benzene rings is 1. The summed E-state index contributed by atoms with van der Waals surface area (Å²) in [5.41, 5.74) is 0.650. The fraction of sp³-hybridized carbons (Fsp3) is 0.400. The number of anilines is 1. The van der Waals surface area contributed by atoms with Crippen LogP contribution in [-0.2, 0) is 4.74 Å². The van der Waals surface area contributed by atoms with Gasteiger partial charge in [0.15, 0.2) is 11.5 Å². The van der Waals surface area contributed by atoms with Gasteiger partial charge in [0, 0.05) is 10.4 Å². The highest BCUT2D eigenvalue weighted by atomic mass is 32.1. The van der Waals surface area contributed by atoms with Crippen molar-refractivity contribution in [3.05, 3.63) is 34.2 Å². The molecule has 0 saturated heterocycles. The van der Waals surface area contributed by atoms with Crippen molar-refractivity contribution < 1.29 is 28.5 Å². The Morgan fingerprint density at radius 3 is 2.04 bits per heavy atom. The van der Waals surface area contributed by atoms with Gasteiger partial charge in [0.25, 0.3) is 5.91 Å². The lowest BCUT2D eigenvalue weighted by Crippen LogP contribution is -2.14. The highest BCUT2D eigenvalue weighted by Gasteiger charge is 2.21. The molecular formula is C20H25NO6S. The number of esters is 1. The molecule has 2 rings (SSSR count). The van der Waals surface area contributed by atoms with Gasteiger partial charge in [-0.3, -0.25) is 4.79 Å². The Balaban J connectivity index is 2.41. The second-order valence-electron chi connectivity index (χ2n) is 5.65. The van der Waals surface area contributed by atoms with Crippen LogP contribution in [0.1, 0.15) is 46.4 Å². The summed E-state index contributed by atoms with van der Waals surface area (Å²) in [4.78, 5) is 25.7. The largest absolute Gasteiger partial charge is 0.490 e. The minimum atomic E-state index is -0.503. The lowest BCUT2D eigenvalue weighted by atomic mass is 10.1. The van der Waals surface area contributed by atoms with Crippen molar-refractivity contribution in [1.29, 1.82) is 0 Å². The van der Waals surface area contributed by atoms with E-state index in [9.17, 15) is 9.59 Å². The van der Waals surface area contributed by atoms with Crippen LogP contribution in [0.5, 0.6) is 17.2 Å². The zero-order valence-corrected chi connectivity index (χ0v) is 17.5. The third-order valence-corrected chi connectivity index (χ3v) is 4.62. The third kappa shape index (κ3) is 4.95. The standard InChI is InChI=1S/C20H25NO6S/c1-6-25-15-10-13(11-16(26-7-2)17(15)27-8-3)18(22)21-19-14(20(23)24-5)9-12(4)28-19/h9-11H,6-8H2,1-5H3,(H,21,22). The smallest absolute Gasteiger partial charge is 0.340 e. The molecule has 0 radical (unpaired) electrons. The summed E-state index contributed by atoms with van der Waals surface area (Å²) in [5, 5.41) is 3.21. The first-order valence-electron chi connectivity index (χ1n) is 9.01. The molecule has 1 amide bonds. The maximum absolute atomic E-state index is 12.9. The number of hydrogen-bond donors (Lipinski definition) is 1. The normalized spacial score (nSPS) is 10.3. The van der Waals surface area contributed by atoms with E-state index in [2.05, 4.69) is 5.32 Å². The Morgan fingerprint density at radius 1 is 0.964 bits per heavy atom. The van der Waals surface area contributed by atoms with Gasteiger partial charge in [-0.25, -0.2) is 4.79 Å². The average molecular weight is 407 g/mol. The predicted molar refractivity (Wildman–Crippen MR) is 108 cm³/mol. The summed E-state index contributed by atoms with van der Waals surface area (Å²) in [7, 11) is 1.30. The third-order valence-electron chi connectivity index (χ3n) is 3.66. The number of thiophene rings is 1. The number of rotatable bonds is 9. The van der Waals surface area contributed by atoms with Crippen LogP contribution >= 0.6 is 11.3 Å². The molecule has 0 fully saturated rings. The molecule has 0 bridgehead atoms. The first-order chi connectivity index (χ1) is 13.4. The van der Waals surface area contributed by atoms with Crippen LogP contribution in [0.4, 0.5) is 5.00 Å². The quantitative estimate of drug-likeness (QED) is 0.624. The summed E-state index contributed by atoms with van der Waals surface area (Å²) in [6.07, 6.45) is 0. The summed E-state index contributed by atoms with van der Waals surface area (Å²) in [5.74, 6) is 0.422. The van der Waals surface area contributed by atoms with Crippen LogP contribution < -0.4 is 19.5 Å². The summed E-state index contributed by atoms with van der Waals surface area (Å²) in [6.45, 7) is 8.66. The van der Waals surface area contributed by atoms with E-state index in [1.54, 1.807) is 18.2 Å². The Morgan fingerprint density at radius 2 is 1.54 bits per heavy atom. The number of methoxy groups -OCH3 is 1. The van der Waals surface area contributed by atoms with Gasteiger partial charge in [-0.05, 0) is 45.9 Å². The molecule has 0 aliphatic rings. The molecule has 1 N–H and O–H groups in total. The first kappa shape index (κ1) is 21.6. The topological polar surface area (TPSA) is 83.1 Å². The summed E-state index contributed by atoms with van der Waals surface area (Å²) < 4.78 is 21.7. The van der Waals surface area contributed by atoms with Crippen LogP contribution in [0.2, 0.25) is 0 Å².